The first-order valence-corrected chi connectivity index (χ1v) is 7.77. The van der Waals surface area contributed by atoms with Gasteiger partial charge in [0.05, 0.1) is 11.2 Å². The smallest absolute Gasteiger partial charge is 0.403 e. The first-order valence-electron chi connectivity index (χ1n) is 7.77. The molecule has 0 radical (unpaired) electrons. The summed E-state index contributed by atoms with van der Waals surface area (Å²) in [5.74, 6) is 0. The van der Waals surface area contributed by atoms with E-state index < -0.39 is 0 Å². The molecule has 2 nitrogen and oxygen atoms in total. The molecule has 0 aliphatic carbocycles. The molecule has 0 N–H and O–H groups in total. The quantitative estimate of drug-likeness (QED) is 0.746. The van der Waals surface area contributed by atoms with Crippen LogP contribution in [-0.2, 0) is 22.2 Å². The fraction of sp³-hybridized carbons (Fsp3) is 0.647. The molecule has 20 heavy (non-hydrogen) atoms. The van der Waals surface area contributed by atoms with Gasteiger partial charge in [0, 0.05) is 0 Å². The van der Waals surface area contributed by atoms with Crippen LogP contribution in [-0.4, -0.2) is 18.3 Å². The first-order chi connectivity index (χ1) is 9.34. The lowest BCUT2D eigenvalue weighted by Gasteiger charge is -2.32. The maximum atomic E-state index is 6.03. The molecular formula is C17H27BO2. The largest absolute Gasteiger partial charge is 0.458 e. The summed E-state index contributed by atoms with van der Waals surface area (Å²) in [5.41, 5.74) is 2.34. The van der Waals surface area contributed by atoms with E-state index in [9.17, 15) is 0 Å². The van der Waals surface area contributed by atoms with Gasteiger partial charge in [-0.1, -0.05) is 37.6 Å². The Balaban J connectivity index is 1.87. The molecule has 2 rings (SSSR count). The van der Waals surface area contributed by atoms with Gasteiger partial charge < -0.3 is 9.31 Å². The summed E-state index contributed by atoms with van der Waals surface area (Å²) < 4.78 is 12.1. The van der Waals surface area contributed by atoms with Gasteiger partial charge in [-0.3, -0.25) is 0 Å². The van der Waals surface area contributed by atoms with Crippen molar-refractivity contribution in [1.29, 1.82) is 0 Å². The second-order valence-electron chi connectivity index (χ2n) is 6.79. The van der Waals surface area contributed by atoms with Crippen LogP contribution in [0.25, 0.3) is 0 Å². The Hall–Kier alpha value is -0.795. The topological polar surface area (TPSA) is 18.5 Å². The van der Waals surface area contributed by atoms with Gasteiger partial charge in [-0.25, -0.2) is 0 Å². The molecule has 0 spiro atoms. The Kier molecular flexibility index (Phi) is 4.60. The predicted octanol–water partition coefficient (Wildman–Crippen LogP) is 4.27. The fourth-order valence-corrected chi connectivity index (χ4v) is 2.53. The molecule has 0 atom stereocenters. The minimum absolute atomic E-state index is 0.0877. The Morgan fingerprint density at radius 1 is 0.850 bits per heavy atom. The zero-order chi connectivity index (χ0) is 14.8. The maximum Gasteiger partial charge on any atom is 0.458 e. The molecule has 1 fully saturated rings. The van der Waals surface area contributed by atoms with Crippen molar-refractivity contribution in [1.82, 2.24) is 0 Å². The summed E-state index contributed by atoms with van der Waals surface area (Å²) in [6.45, 7) is 10.6. The maximum absolute atomic E-state index is 6.03. The van der Waals surface area contributed by atoms with E-state index >= 15 is 0 Å². The standard InChI is InChI=1S/C17H27BO2/c1-6-7-14-8-10-15(11-9-14)12-13-18-19-16(2,3)17(4,5)20-18/h8-11H,6-7,12-13H2,1-5H3. The molecule has 0 amide bonds. The highest BCUT2D eigenvalue weighted by Gasteiger charge is 2.50. The number of rotatable bonds is 5. The van der Waals surface area contributed by atoms with Gasteiger partial charge in [0.25, 0.3) is 0 Å². The second kappa shape index (κ2) is 5.91. The molecule has 1 saturated heterocycles. The Morgan fingerprint density at radius 3 is 1.75 bits per heavy atom. The van der Waals surface area contributed by atoms with Crippen LogP contribution in [0.5, 0.6) is 0 Å². The van der Waals surface area contributed by atoms with Gasteiger partial charge in [-0.2, -0.15) is 0 Å². The van der Waals surface area contributed by atoms with Crippen molar-refractivity contribution in [2.45, 2.75) is 71.4 Å². The van der Waals surface area contributed by atoms with Crippen LogP contribution in [0.2, 0.25) is 6.32 Å². The Labute approximate surface area is 124 Å². The zero-order valence-electron chi connectivity index (χ0n) is 13.5. The fourth-order valence-electron chi connectivity index (χ4n) is 2.53. The third-order valence-corrected chi connectivity index (χ3v) is 4.53. The minimum Gasteiger partial charge on any atom is -0.403 e. The predicted molar refractivity (Wildman–Crippen MR) is 85.0 cm³/mol. The summed E-state index contributed by atoms with van der Waals surface area (Å²) in [5, 5.41) is 0. The molecule has 3 heteroatoms. The number of aryl methyl sites for hydroxylation is 2. The van der Waals surface area contributed by atoms with Gasteiger partial charge in [0.1, 0.15) is 0 Å². The van der Waals surface area contributed by atoms with Crippen LogP contribution < -0.4 is 0 Å². The van der Waals surface area contributed by atoms with E-state index in [2.05, 4.69) is 58.9 Å². The van der Waals surface area contributed by atoms with Gasteiger partial charge in [-0.05, 0) is 58.0 Å². The molecule has 0 bridgehead atoms. The van der Waals surface area contributed by atoms with Crippen LogP contribution in [0.15, 0.2) is 24.3 Å². The molecule has 1 aromatic carbocycles. The van der Waals surface area contributed by atoms with Crippen LogP contribution in [0, 0.1) is 0 Å². The second-order valence-corrected chi connectivity index (χ2v) is 6.79. The SMILES string of the molecule is CCCc1ccc(CCB2OC(C)(C)C(C)(C)O2)cc1. The van der Waals surface area contributed by atoms with Crippen molar-refractivity contribution in [3.05, 3.63) is 35.4 Å². The van der Waals surface area contributed by atoms with Crippen LogP contribution >= 0.6 is 0 Å². The monoisotopic (exact) mass is 274 g/mol. The molecule has 0 aromatic heterocycles. The lowest BCUT2D eigenvalue weighted by atomic mass is 9.81. The van der Waals surface area contributed by atoms with Crippen molar-refractivity contribution < 1.29 is 9.31 Å². The van der Waals surface area contributed by atoms with E-state index in [0.29, 0.717) is 0 Å². The molecule has 1 heterocycles. The van der Waals surface area contributed by atoms with E-state index in [4.69, 9.17) is 9.31 Å². The summed E-state index contributed by atoms with van der Waals surface area (Å²) in [6.07, 6.45) is 4.29. The van der Waals surface area contributed by atoms with Gasteiger partial charge in [-0.15, -0.1) is 0 Å². The van der Waals surface area contributed by atoms with Crippen molar-refractivity contribution in [3.63, 3.8) is 0 Å². The summed E-state index contributed by atoms with van der Waals surface area (Å²) in [7, 11) is -0.0877. The van der Waals surface area contributed by atoms with Crippen molar-refractivity contribution in [2.24, 2.45) is 0 Å². The normalized spacial score (nSPS) is 20.4. The molecular weight excluding hydrogens is 247 g/mol. The number of hydrogen-bond donors (Lipinski definition) is 0. The van der Waals surface area contributed by atoms with E-state index in [1.165, 1.54) is 17.5 Å². The Morgan fingerprint density at radius 2 is 1.30 bits per heavy atom. The summed E-state index contributed by atoms with van der Waals surface area (Å²) in [6, 6.07) is 8.94. The van der Waals surface area contributed by atoms with Gasteiger partial charge in [0.2, 0.25) is 0 Å². The number of benzene rings is 1. The molecule has 0 saturated carbocycles. The van der Waals surface area contributed by atoms with E-state index in [0.717, 1.165) is 19.2 Å². The average Bonchev–Trinajstić information content (AvgIpc) is 2.57. The molecule has 0 unspecified atom stereocenters. The van der Waals surface area contributed by atoms with Crippen molar-refractivity contribution in [2.75, 3.05) is 0 Å². The van der Waals surface area contributed by atoms with Crippen LogP contribution in [0.4, 0.5) is 0 Å². The van der Waals surface area contributed by atoms with E-state index in [1.54, 1.807) is 0 Å². The molecule has 1 aliphatic heterocycles. The van der Waals surface area contributed by atoms with E-state index in [-0.39, 0.29) is 18.3 Å². The first kappa shape index (κ1) is 15.6. The highest BCUT2D eigenvalue weighted by atomic mass is 16.7. The number of hydrogen-bond acceptors (Lipinski definition) is 2. The minimum atomic E-state index is -0.220. The highest BCUT2D eigenvalue weighted by molar-refractivity contribution is 6.45. The molecule has 110 valence electrons. The van der Waals surface area contributed by atoms with Crippen molar-refractivity contribution in [3.8, 4) is 0 Å². The molecule has 1 aliphatic rings. The molecule has 1 aromatic rings. The summed E-state index contributed by atoms with van der Waals surface area (Å²) in [4.78, 5) is 0. The third-order valence-electron chi connectivity index (χ3n) is 4.53. The lowest BCUT2D eigenvalue weighted by molar-refractivity contribution is 0.00578. The van der Waals surface area contributed by atoms with Crippen LogP contribution in [0.1, 0.15) is 52.2 Å². The average molecular weight is 274 g/mol. The van der Waals surface area contributed by atoms with E-state index in [1.807, 2.05) is 0 Å². The zero-order valence-corrected chi connectivity index (χ0v) is 13.5. The van der Waals surface area contributed by atoms with Crippen molar-refractivity contribution >= 4 is 7.12 Å². The van der Waals surface area contributed by atoms with Gasteiger partial charge >= 0.3 is 7.12 Å². The van der Waals surface area contributed by atoms with Crippen LogP contribution in [0.3, 0.4) is 0 Å². The summed E-state index contributed by atoms with van der Waals surface area (Å²) >= 11 is 0. The highest BCUT2D eigenvalue weighted by Crippen LogP contribution is 2.37. The third kappa shape index (κ3) is 3.45. The van der Waals surface area contributed by atoms with Gasteiger partial charge in [0.15, 0.2) is 0 Å². The lowest BCUT2D eigenvalue weighted by Crippen LogP contribution is -2.41. The Bertz CT molecular complexity index is 421.